The lowest BCUT2D eigenvalue weighted by Gasteiger charge is -2.07. The van der Waals surface area contributed by atoms with Crippen LogP contribution in [-0.4, -0.2) is 35.7 Å². The number of benzene rings is 2. The summed E-state index contributed by atoms with van der Waals surface area (Å²) in [6, 6.07) is 9.21. The fraction of sp³-hybridized carbons (Fsp3) is 0.0588. The predicted octanol–water partition coefficient (Wildman–Crippen LogP) is 2.03. The summed E-state index contributed by atoms with van der Waals surface area (Å²) in [6.45, 7) is -0.574. The van der Waals surface area contributed by atoms with Gasteiger partial charge >= 0.3 is 17.8 Å². The van der Waals surface area contributed by atoms with Crippen molar-refractivity contribution >= 4 is 41.3 Å². The van der Waals surface area contributed by atoms with E-state index in [1.165, 1.54) is 30.3 Å². The minimum Gasteiger partial charge on any atom is -0.481 e. The smallest absolute Gasteiger partial charge is 0.341 e. The van der Waals surface area contributed by atoms with Crippen molar-refractivity contribution in [3.05, 3.63) is 58.9 Å². The fourth-order valence-electron chi connectivity index (χ4n) is 1.82. The van der Waals surface area contributed by atoms with Gasteiger partial charge in [-0.15, -0.1) is 0 Å². The molecule has 0 aliphatic heterocycles. The van der Waals surface area contributed by atoms with E-state index >= 15 is 0 Å². The molecule has 0 saturated carbocycles. The highest BCUT2D eigenvalue weighted by atomic mass is 35.5. The number of halogens is 2. The summed E-state index contributed by atoms with van der Waals surface area (Å²) >= 11 is 5.86. The summed E-state index contributed by atoms with van der Waals surface area (Å²) in [5, 5.41) is 14.9. The second-order valence-corrected chi connectivity index (χ2v) is 5.46. The van der Waals surface area contributed by atoms with Gasteiger partial charge in [0, 0.05) is 16.3 Å². The molecule has 0 fully saturated rings. The summed E-state index contributed by atoms with van der Waals surface area (Å²) < 4.78 is 17.9. The van der Waals surface area contributed by atoms with Crippen LogP contribution in [0.1, 0.15) is 5.56 Å². The van der Waals surface area contributed by atoms with Crippen molar-refractivity contribution in [1.29, 1.82) is 0 Å². The number of carbonyl (C=O) groups is 3. The van der Waals surface area contributed by atoms with E-state index in [-0.39, 0.29) is 11.4 Å². The third-order valence-electron chi connectivity index (χ3n) is 3.00. The molecule has 8 nitrogen and oxygen atoms in total. The molecule has 0 atom stereocenters. The van der Waals surface area contributed by atoms with Gasteiger partial charge in [0.05, 0.1) is 6.21 Å². The van der Waals surface area contributed by atoms with Crippen molar-refractivity contribution in [2.24, 2.45) is 5.10 Å². The third kappa shape index (κ3) is 6.40. The molecule has 0 aliphatic rings. The van der Waals surface area contributed by atoms with Crippen LogP contribution in [0.3, 0.4) is 0 Å². The molecule has 0 saturated heterocycles. The molecule has 2 amide bonds. The molecule has 10 heteroatoms. The first-order chi connectivity index (χ1) is 12.8. The summed E-state index contributed by atoms with van der Waals surface area (Å²) in [4.78, 5) is 34.1. The topological polar surface area (TPSA) is 117 Å². The zero-order chi connectivity index (χ0) is 19.8. The Kier molecular flexibility index (Phi) is 6.84. The van der Waals surface area contributed by atoms with E-state index in [2.05, 4.69) is 10.4 Å². The lowest BCUT2D eigenvalue weighted by Crippen LogP contribution is -2.32. The number of hydrazone groups is 1. The van der Waals surface area contributed by atoms with E-state index in [4.69, 9.17) is 21.4 Å². The number of nitrogens with zero attached hydrogens (tertiary/aromatic N) is 1. The van der Waals surface area contributed by atoms with Gasteiger partial charge in [0.1, 0.15) is 11.6 Å². The molecule has 0 heterocycles. The van der Waals surface area contributed by atoms with Gasteiger partial charge in [0.25, 0.3) is 0 Å². The van der Waals surface area contributed by atoms with Crippen LogP contribution in [0.4, 0.5) is 10.1 Å². The molecule has 0 spiro atoms. The Balaban J connectivity index is 1.98. The number of aliphatic carboxylic acids is 1. The van der Waals surface area contributed by atoms with Crippen LogP contribution in [-0.2, 0) is 14.4 Å². The normalized spacial score (nSPS) is 10.4. The lowest BCUT2D eigenvalue weighted by molar-refractivity contribution is -0.139. The minimum atomic E-state index is -1.17. The number of nitrogens with one attached hydrogen (secondary N) is 2. The predicted molar refractivity (Wildman–Crippen MR) is 95.3 cm³/mol. The summed E-state index contributed by atoms with van der Waals surface area (Å²) in [5.41, 5.74) is 2.53. The van der Waals surface area contributed by atoms with Gasteiger partial charge < -0.3 is 15.2 Å². The van der Waals surface area contributed by atoms with E-state index in [0.29, 0.717) is 10.6 Å². The van der Waals surface area contributed by atoms with Gasteiger partial charge in [0.15, 0.2) is 6.61 Å². The number of anilines is 1. The molecule has 0 unspecified atom stereocenters. The molecule has 0 aromatic heterocycles. The van der Waals surface area contributed by atoms with Crippen LogP contribution >= 0.6 is 11.6 Å². The molecular weight excluding hydrogens is 381 g/mol. The Hall–Kier alpha value is -3.46. The van der Waals surface area contributed by atoms with Crippen molar-refractivity contribution in [1.82, 2.24) is 5.43 Å². The van der Waals surface area contributed by atoms with E-state index in [9.17, 15) is 18.8 Å². The Morgan fingerprint density at radius 3 is 2.52 bits per heavy atom. The maximum Gasteiger partial charge on any atom is 0.341 e. The van der Waals surface area contributed by atoms with Crippen LogP contribution in [0.25, 0.3) is 0 Å². The van der Waals surface area contributed by atoms with Gasteiger partial charge in [-0.1, -0.05) is 11.6 Å². The number of hydrogen-bond donors (Lipinski definition) is 3. The summed E-state index contributed by atoms with van der Waals surface area (Å²) in [6.07, 6.45) is 1.14. The Morgan fingerprint density at radius 1 is 1.15 bits per heavy atom. The molecular formula is C17H13ClFN3O5. The van der Waals surface area contributed by atoms with Gasteiger partial charge in [-0.25, -0.2) is 14.6 Å². The zero-order valence-corrected chi connectivity index (χ0v) is 14.4. The average molecular weight is 394 g/mol. The molecule has 140 valence electrons. The summed E-state index contributed by atoms with van der Waals surface area (Å²) in [7, 11) is 0. The highest BCUT2D eigenvalue weighted by molar-refractivity contribution is 6.39. The van der Waals surface area contributed by atoms with Gasteiger partial charge in [-0.05, 0) is 42.5 Å². The quantitative estimate of drug-likeness (QED) is 0.394. The minimum absolute atomic E-state index is 0.176. The third-order valence-corrected chi connectivity index (χ3v) is 3.24. The fourth-order valence-corrected chi connectivity index (χ4v) is 2.00. The molecule has 3 N–H and O–H groups in total. The SMILES string of the molecule is O=C(O)COc1ccc(Cl)cc1/C=N\NC(=O)C(=O)Nc1ccc(F)cc1. The molecule has 0 radical (unpaired) electrons. The monoisotopic (exact) mass is 393 g/mol. The van der Waals surface area contributed by atoms with Crippen LogP contribution in [0.15, 0.2) is 47.6 Å². The maximum atomic E-state index is 12.8. The number of carboxylic acid groups (broad SMARTS) is 1. The van der Waals surface area contributed by atoms with Crippen LogP contribution in [0, 0.1) is 5.82 Å². The standard InChI is InChI=1S/C17H13ClFN3O5/c18-11-1-6-14(27-9-15(23)24)10(7-11)8-20-22-17(26)16(25)21-13-4-2-12(19)3-5-13/h1-8H,9H2,(H,21,25)(H,22,26)(H,23,24)/b20-8-. The van der Waals surface area contributed by atoms with Gasteiger partial charge in [-0.2, -0.15) is 5.10 Å². The number of amides is 2. The highest BCUT2D eigenvalue weighted by Gasteiger charge is 2.13. The highest BCUT2D eigenvalue weighted by Crippen LogP contribution is 2.21. The van der Waals surface area contributed by atoms with E-state index in [0.717, 1.165) is 18.3 Å². The van der Waals surface area contributed by atoms with Crippen molar-refractivity contribution in [2.75, 3.05) is 11.9 Å². The van der Waals surface area contributed by atoms with Crippen molar-refractivity contribution in [3.63, 3.8) is 0 Å². The number of carbonyl (C=O) groups excluding carboxylic acids is 2. The largest absolute Gasteiger partial charge is 0.481 e. The van der Waals surface area contributed by atoms with E-state index in [1.54, 1.807) is 0 Å². The van der Waals surface area contributed by atoms with Crippen LogP contribution < -0.4 is 15.5 Å². The van der Waals surface area contributed by atoms with E-state index in [1.807, 2.05) is 5.43 Å². The maximum absolute atomic E-state index is 12.8. The second-order valence-electron chi connectivity index (χ2n) is 5.02. The Morgan fingerprint density at radius 2 is 1.85 bits per heavy atom. The van der Waals surface area contributed by atoms with Crippen molar-refractivity contribution in [2.45, 2.75) is 0 Å². The zero-order valence-electron chi connectivity index (χ0n) is 13.6. The van der Waals surface area contributed by atoms with Gasteiger partial charge in [0.2, 0.25) is 0 Å². The number of rotatable bonds is 6. The first-order valence-electron chi connectivity index (χ1n) is 7.39. The lowest BCUT2D eigenvalue weighted by atomic mass is 10.2. The number of hydrogen-bond acceptors (Lipinski definition) is 5. The van der Waals surface area contributed by atoms with Crippen molar-refractivity contribution < 1.29 is 28.6 Å². The molecule has 2 aromatic carbocycles. The molecule has 0 bridgehead atoms. The second kappa shape index (κ2) is 9.30. The number of carboxylic acids is 1. The van der Waals surface area contributed by atoms with Crippen LogP contribution in [0.5, 0.6) is 5.75 Å². The molecule has 2 rings (SSSR count). The first kappa shape index (κ1) is 19.9. The summed E-state index contributed by atoms with van der Waals surface area (Å²) in [5.74, 6) is -3.54. The molecule has 0 aliphatic carbocycles. The van der Waals surface area contributed by atoms with Crippen LogP contribution in [0.2, 0.25) is 5.02 Å². The molecule has 27 heavy (non-hydrogen) atoms. The van der Waals surface area contributed by atoms with E-state index < -0.39 is 30.2 Å². The Bertz CT molecular complexity index is 887. The average Bonchev–Trinajstić information content (AvgIpc) is 2.62. The van der Waals surface area contributed by atoms with Gasteiger partial charge in [-0.3, -0.25) is 9.59 Å². The first-order valence-corrected chi connectivity index (χ1v) is 7.77. The number of ether oxygens (including phenoxy) is 1. The molecule has 2 aromatic rings. The Labute approximate surface area is 157 Å². The van der Waals surface area contributed by atoms with Crippen molar-refractivity contribution in [3.8, 4) is 5.75 Å².